The number of hydrogen-bond donors (Lipinski definition) is 2. The lowest BCUT2D eigenvalue weighted by Gasteiger charge is -2.44. The zero-order valence-electron chi connectivity index (χ0n) is 23.7. The summed E-state index contributed by atoms with van der Waals surface area (Å²) in [6.07, 6.45) is 3.86. The summed E-state index contributed by atoms with van der Waals surface area (Å²) >= 11 is 0. The summed E-state index contributed by atoms with van der Waals surface area (Å²) in [7, 11) is 0. The quantitative estimate of drug-likeness (QED) is 0.217. The minimum Gasteiger partial charge on any atom is -0.443 e. The molecule has 2 heterocycles. The molecule has 7 rings (SSSR count). The normalized spacial score (nSPS) is 28.1. The summed E-state index contributed by atoms with van der Waals surface area (Å²) in [5, 5.41) is 0. The Morgan fingerprint density at radius 1 is 0.591 bits per heavy atom. The molecule has 4 amide bonds. The van der Waals surface area contributed by atoms with Crippen LogP contribution in [0.15, 0.2) is 72.8 Å². The highest BCUT2D eigenvalue weighted by molar-refractivity contribution is 6.10. The summed E-state index contributed by atoms with van der Waals surface area (Å²) in [5.41, 5.74) is 13.6. The number of ether oxygens (including phenoxy) is 2. The Bertz CT molecular complexity index is 1370. The van der Waals surface area contributed by atoms with E-state index in [0.717, 1.165) is 20.9 Å². The maximum absolute atomic E-state index is 13.5. The molecule has 4 N–H and O–H groups in total. The Balaban J connectivity index is 1.09. The molecule has 12 nitrogen and oxygen atoms in total. The van der Waals surface area contributed by atoms with E-state index >= 15 is 0 Å². The summed E-state index contributed by atoms with van der Waals surface area (Å²) < 4.78 is 10.5. The average Bonchev–Trinajstić information content (AvgIpc) is 3.45. The molecule has 2 saturated heterocycles. The SMILES string of the molecule is N[C@H](Cc1ccccc1)C(=O)OCN1C(=O)[C@@H]2C3C=CC([C@H]2C1=O)[C@@H]1C(=O)N(COC(=O)[C@@H](N)Cc2ccccc2)C(=O)[C@@H]31. The fourth-order valence-corrected chi connectivity index (χ4v) is 6.98. The van der Waals surface area contributed by atoms with Crippen molar-refractivity contribution < 1.29 is 38.2 Å². The van der Waals surface area contributed by atoms with Gasteiger partial charge in [-0.15, -0.1) is 0 Å². The van der Waals surface area contributed by atoms with E-state index in [1.54, 1.807) is 12.2 Å². The van der Waals surface area contributed by atoms with Crippen LogP contribution >= 0.6 is 0 Å². The second-order valence-corrected chi connectivity index (χ2v) is 11.6. The molecule has 5 aliphatic rings. The number of carbonyl (C=O) groups is 6. The first-order chi connectivity index (χ1) is 21.2. The maximum atomic E-state index is 13.5. The Kier molecular flexibility index (Phi) is 7.87. The first kappa shape index (κ1) is 29.4. The number of amides is 4. The molecular weight excluding hydrogens is 568 g/mol. The van der Waals surface area contributed by atoms with Gasteiger partial charge in [-0.25, -0.2) is 9.80 Å². The molecule has 3 aliphatic carbocycles. The highest BCUT2D eigenvalue weighted by Crippen LogP contribution is 2.57. The van der Waals surface area contributed by atoms with Gasteiger partial charge in [0.15, 0.2) is 13.5 Å². The van der Waals surface area contributed by atoms with Crippen LogP contribution in [0.5, 0.6) is 0 Å². The molecule has 12 heteroatoms. The molecule has 1 saturated carbocycles. The third kappa shape index (κ3) is 5.09. The molecule has 2 unspecified atom stereocenters. The first-order valence-corrected chi connectivity index (χ1v) is 14.5. The van der Waals surface area contributed by atoms with Crippen molar-refractivity contribution in [2.24, 2.45) is 47.0 Å². The molecule has 0 radical (unpaired) electrons. The minimum atomic E-state index is -0.993. The van der Waals surface area contributed by atoms with E-state index in [9.17, 15) is 28.8 Å². The van der Waals surface area contributed by atoms with Gasteiger partial charge in [0, 0.05) is 11.8 Å². The van der Waals surface area contributed by atoms with Gasteiger partial charge in [-0.2, -0.15) is 0 Å². The highest BCUT2D eigenvalue weighted by atomic mass is 16.6. The van der Waals surface area contributed by atoms with Gasteiger partial charge < -0.3 is 20.9 Å². The van der Waals surface area contributed by atoms with Crippen LogP contribution in [0.1, 0.15) is 11.1 Å². The van der Waals surface area contributed by atoms with Crippen molar-refractivity contribution in [2.45, 2.75) is 24.9 Å². The summed E-state index contributed by atoms with van der Waals surface area (Å²) in [6, 6.07) is 16.2. The largest absolute Gasteiger partial charge is 0.443 e. The molecule has 44 heavy (non-hydrogen) atoms. The topological polar surface area (TPSA) is 179 Å². The number of allylic oxidation sites excluding steroid dienone is 2. The Morgan fingerprint density at radius 3 is 1.23 bits per heavy atom. The van der Waals surface area contributed by atoms with Gasteiger partial charge in [0.1, 0.15) is 12.1 Å². The van der Waals surface area contributed by atoms with Crippen molar-refractivity contribution >= 4 is 35.6 Å². The molecule has 3 fully saturated rings. The predicted molar refractivity (Wildman–Crippen MR) is 152 cm³/mol. The van der Waals surface area contributed by atoms with Gasteiger partial charge in [-0.1, -0.05) is 72.8 Å². The van der Waals surface area contributed by atoms with Crippen LogP contribution in [-0.4, -0.2) is 70.9 Å². The second kappa shape index (κ2) is 11.8. The third-order valence-electron chi connectivity index (χ3n) is 9.07. The number of nitrogens with zero attached hydrogens (tertiary/aromatic N) is 2. The molecule has 0 aromatic heterocycles. The van der Waals surface area contributed by atoms with Crippen LogP contribution in [0.25, 0.3) is 0 Å². The minimum absolute atomic E-state index is 0.221. The van der Waals surface area contributed by atoms with E-state index in [0.29, 0.717) is 0 Å². The number of esters is 2. The highest BCUT2D eigenvalue weighted by Gasteiger charge is 2.68. The summed E-state index contributed by atoms with van der Waals surface area (Å²) in [6.45, 7) is -1.21. The lowest BCUT2D eigenvalue weighted by Crippen LogP contribution is -2.50. The van der Waals surface area contributed by atoms with Gasteiger partial charge in [0.25, 0.3) is 0 Å². The van der Waals surface area contributed by atoms with E-state index in [1.807, 2.05) is 60.7 Å². The molecule has 8 atom stereocenters. The van der Waals surface area contributed by atoms with E-state index < -0.39 is 96.6 Å². The number of hydrogen-bond acceptors (Lipinski definition) is 10. The van der Waals surface area contributed by atoms with Crippen molar-refractivity contribution in [3.63, 3.8) is 0 Å². The fraction of sp³-hybridized carbons (Fsp3) is 0.375. The van der Waals surface area contributed by atoms with Crippen LogP contribution in [-0.2, 0) is 51.1 Å². The van der Waals surface area contributed by atoms with E-state index in [4.69, 9.17) is 20.9 Å². The van der Waals surface area contributed by atoms with Gasteiger partial charge in [0.2, 0.25) is 23.6 Å². The van der Waals surface area contributed by atoms with Crippen LogP contribution in [0.4, 0.5) is 0 Å². The van der Waals surface area contributed by atoms with E-state index in [2.05, 4.69) is 0 Å². The monoisotopic (exact) mass is 600 g/mol. The molecule has 0 spiro atoms. The van der Waals surface area contributed by atoms with Crippen molar-refractivity contribution in [3.05, 3.63) is 83.9 Å². The number of imide groups is 2. The van der Waals surface area contributed by atoms with Gasteiger partial charge in [-0.05, 0) is 24.0 Å². The molecule has 228 valence electrons. The Morgan fingerprint density at radius 2 is 0.909 bits per heavy atom. The molecule has 2 aromatic carbocycles. The van der Waals surface area contributed by atoms with E-state index in [-0.39, 0.29) is 12.8 Å². The fourth-order valence-electron chi connectivity index (χ4n) is 6.98. The molecule has 2 aromatic rings. The zero-order valence-corrected chi connectivity index (χ0v) is 23.7. The first-order valence-electron chi connectivity index (χ1n) is 14.5. The van der Waals surface area contributed by atoms with Crippen LogP contribution < -0.4 is 11.5 Å². The standard InChI is InChI=1S/C32H32N4O8/c33-21(13-17-7-3-1-4-8-17)31(41)43-15-35-27(37)23-19-11-12-20(24(23)28(35)38)26-25(19)29(39)36(30(26)40)16-44-32(42)22(34)14-18-9-5-2-6-10-18/h1-12,19-26H,13-16,33-34H2/t19?,20?,21-,22+,23-,24-,25+,26+. The van der Waals surface area contributed by atoms with Gasteiger partial charge >= 0.3 is 11.9 Å². The van der Waals surface area contributed by atoms with Gasteiger partial charge in [-0.3, -0.25) is 28.8 Å². The predicted octanol–water partition coefficient (Wildman–Crippen LogP) is 0.146. The molecule has 2 aliphatic heterocycles. The summed E-state index contributed by atoms with van der Waals surface area (Å²) in [5.74, 6) is -8.76. The lowest BCUT2D eigenvalue weighted by atomic mass is 9.54. The smallest absolute Gasteiger partial charge is 0.324 e. The van der Waals surface area contributed by atoms with Crippen molar-refractivity contribution in [1.29, 1.82) is 0 Å². The Hall–Kier alpha value is -4.68. The average molecular weight is 601 g/mol. The summed E-state index contributed by atoms with van der Waals surface area (Å²) in [4.78, 5) is 80.7. The van der Waals surface area contributed by atoms with Crippen LogP contribution in [0.3, 0.4) is 0 Å². The van der Waals surface area contributed by atoms with Crippen molar-refractivity contribution in [2.75, 3.05) is 13.5 Å². The number of likely N-dealkylation sites (tertiary alicyclic amines) is 2. The van der Waals surface area contributed by atoms with Crippen molar-refractivity contribution in [3.8, 4) is 0 Å². The molecular formula is C32H32N4O8. The zero-order chi connectivity index (χ0) is 31.1. The van der Waals surface area contributed by atoms with Gasteiger partial charge in [0.05, 0.1) is 23.7 Å². The number of carbonyl (C=O) groups excluding carboxylic acids is 6. The number of rotatable bonds is 10. The maximum Gasteiger partial charge on any atom is 0.324 e. The van der Waals surface area contributed by atoms with E-state index in [1.165, 1.54) is 0 Å². The second-order valence-electron chi connectivity index (χ2n) is 11.6. The molecule has 2 bridgehead atoms. The van der Waals surface area contributed by atoms with Crippen molar-refractivity contribution in [1.82, 2.24) is 9.80 Å². The third-order valence-corrected chi connectivity index (χ3v) is 9.07. The number of nitrogens with two attached hydrogens (primary N) is 2. The van der Waals surface area contributed by atoms with Crippen LogP contribution in [0.2, 0.25) is 0 Å². The Labute approximate surface area is 252 Å². The lowest BCUT2D eigenvalue weighted by molar-refractivity contribution is -0.158. The number of benzene rings is 2. The van der Waals surface area contributed by atoms with Crippen LogP contribution in [0, 0.1) is 35.5 Å².